The van der Waals surface area contributed by atoms with Gasteiger partial charge in [0, 0.05) is 23.6 Å². The first-order chi connectivity index (χ1) is 12.0. The molecule has 0 aliphatic rings. The summed E-state index contributed by atoms with van der Waals surface area (Å²) in [5, 5.41) is 8.29. The molecule has 25 heavy (non-hydrogen) atoms. The number of aromatic nitrogens is 2. The molecular formula is C18H15Cl2N3O2. The maximum atomic E-state index is 12.5. The molecule has 0 bridgehead atoms. The van der Waals surface area contributed by atoms with Gasteiger partial charge in [0.1, 0.15) is 0 Å². The maximum absolute atomic E-state index is 12.5. The van der Waals surface area contributed by atoms with E-state index < -0.39 is 11.3 Å². The Morgan fingerprint density at radius 1 is 1.12 bits per heavy atom. The molecule has 1 aromatic heterocycles. The van der Waals surface area contributed by atoms with Gasteiger partial charge in [-0.25, -0.2) is 0 Å². The van der Waals surface area contributed by atoms with Crippen molar-refractivity contribution in [1.82, 2.24) is 15.1 Å². The van der Waals surface area contributed by atoms with Gasteiger partial charge in [0.15, 0.2) is 5.69 Å². The fourth-order valence-electron chi connectivity index (χ4n) is 2.55. The van der Waals surface area contributed by atoms with Crippen molar-refractivity contribution in [1.29, 1.82) is 0 Å². The maximum Gasteiger partial charge on any atom is 0.275 e. The number of hydrogen-bond donors (Lipinski definition) is 1. The molecule has 128 valence electrons. The third-order valence-electron chi connectivity index (χ3n) is 3.84. The average molecular weight is 376 g/mol. The lowest BCUT2D eigenvalue weighted by molar-refractivity contribution is 0.0946. The molecule has 0 saturated heterocycles. The zero-order valence-electron chi connectivity index (χ0n) is 13.4. The molecule has 0 radical (unpaired) electrons. The van der Waals surface area contributed by atoms with Gasteiger partial charge < -0.3 is 5.32 Å². The molecule has 0 unspecified atom stereocenters. The molecule has 7 heteroatoms. The summed E-state index contributed by atoms with van der Waals surface area (Å²) in [5.74, 6) is -0.503. The lowest BCUT2D eigenvalue weighted by Gasteiger charge is -2.09. The van der Waals surface area contributed by atoms with Crippen LogP contribution in [0.2, 0.25) is 10.0 Å². The second-order valence-corrected chi connectivity index (χ2v) is 6.47. The molecule has 1 amide bonds. The minimum absolute atomic E-state index is 0.145. The number of hydrogen-bond acceptors (Lipinski definition) is 3. The molecule has 0 atom stereocenters. The van der Waals surface area contributed by atoms with E-state index in [1.54, 1.807) is 37.4 Å². The number of nitrogens with one attached hydrogen (secondary N) is 1. The summed E-state index contributed by atoms with van der Waals surface area (Å²) in [7, 11) is 1.68. The van der Waals surface area contributed by atoms with Gasteiger partial charge in [-0.05, 0) is 42.3 Å². The van der Waals surface area contributed by atoms with Crippen molar-refractivity contribution >= 4 is 40.0 Å². The van der Waals surface area contributed by atoms with Crippen LogP contribution < -0.4 is 10.7 Å². The van der Waals surface area contributed by atoms with E-state index in [-0.39, 0.29) is 5.69 Å². The van der Waals surface area contributed by atoms with Crippen LogP contribution in [0, 0.1) is 0 Å². The monoisotopic (exact) mass is 375 g/mol. The van der Waals surface area contributed by atoms with Gasteiger partial charge in [-0.1, -0.05) is 35.3 Å². The van der Waals surface area contributed by atoms with Crippen LogP contribution in [-0.2, 0) is 13.5 Å². The Balaban J connectivity index is 1.79. The normalized spacial score (nSPS) is 10.8. The van der Waals surface area contributed by atoms with E-state index in [0.29, 0.717) is 33.9 Å². The lowest BCUT2D eigenvalue weighted by atomic mass is 10.1. The van der Waals surface area contributed by atoms with Gasteiger partial charge in [-0.15, -0.1) is 0 Å². The molecule has 1 N–H and O–H groups in total. The fourth-order valence-corrected chi connectivity index (χ4v) is 2.85. The highest BCUT2D eigenvalue weighted by Crippen LogP contribution is 2.15. The second-order valence-electron chi connectivity index (χ2n) is 5.60. The molecule has 3 rings (SSSR count). The molecule has 1 heterocycles. The summed E-state index contributed by atoms with van der Waals surface area (Å²) < 4.78 is 1.50. The third-order valence-corrected chi connectivity index (χ3v) is 4.33. The lowest BCUT2D eigenvalue weighted by Crippen LogP contribution is -2.33. The van der Waals surface area contributed by atoms with Gasteiger partial charge in [-0.2, -0.15) is 5.10 Å². The summed E-state index contributed by atoms with van der Waals surface area (Å²) in [6.45, 7) is 0.388. The highest BCUT2D eigenvalue weighted by atomic mass is 35.5. The van der Waals surface area contributed by atoms with Crippen molar-refractivity contribution in [3.63, 3.8) is 0 Å². The predicted molar refractivity (Wildman–Crippen MR) is 99.5 cm³/mol. The SMILES string of the molecule is Cn1nc(C(=O)NCCc2ccc(Cl)cc2)c(=O)c2cc(Cl)ccc21. The van der Waals surface area contributed by atoms with Gasteiger partial charge in [0.25, 0.3) is 5.91 Å². The van der Waals surface area contributed by atoms with E-state index in [4.69, 9.17) is 23.2 Å². The minimum Gasteiger partial charge on any atom is -0.350 e. The van der Waals surface area contributed by atoms with E-state index >= 15 is 0 Å². The number of nitrogens with zero attached hydrogens (tertiary/aromatic N) is 2. The van der Waals surface area contributed by atoms with Gasteiger partial charge in [-0.3, -0.25) is 14.3 Å². The van der Waals surface area contributed by atoms with Crippen LogP contribution in [-0.4, -0.2) is 22.2 Å². The van der Waals surface area contributed by atoms with Crippen molar-refractivity contribution in [3.8, 4) is 0 Å². The van der Waals surface area contributed by atoms with Crippen LogP contribution >= 0.6 is 23.2 Å². The summed E-state index contributed by atoms with van der Waals surface area (Å²) in [5.41, 5.74) is 1.08. The summed E-state index contributed by atoms with van der Waals surface area (Å²) >= 11 is 11.8. The first-order valence-electron chi connectivity index (χ1n) is 7.65. The van der Waals surface area contributed by atoms with E-state index in [9.17, 15) is 9.59 Å². The van der Waals surface area contributed by atoms with Gasteiger partial charge in [0.2, 0.25) is 5.43 Å². The molecule has 0 aliphatic heterocycles. The Morgan fingerprint density at radius 2 is 1.80 bits per heavy atom. The zero-order chi connectivity index (χ0) is 18.0. The Morgan fingerprint density at radius 3 is 2.52 bits per heavy atom. The van der Waals surface area contributed by atoms with Crippen LogP contribution in [0.3, 0.4) is 0 Å². The van der Waals surface area contributed by atoms with Gasteiger partial charge in [0.05, 0.1) is 10.9 Å². The molecule has 2 aromatic carbocycles. The highest BCUT2D eigenvalue weighted by Gasteiger charge is 2.16. The van der Waals surface area contributed by atoms with E-state index in [1.807, 2.05) is 12.1 Å². The van der Waals surface area contributed by atoms with Crippen LogP contribution in [0.1, 0.15) is 16.1 Å². The van der Waals surface area contributed by atoms with Crippen molar-refractivity contribution in [2.75, 3.05) is 6.54 Å². The van der Waals surface area contributed by atoms with Crippen molar-refractivity contribution < 1.29 is 4.79 Å². The predicted octanol–water partition coefficient (Wildman–Crippen LogP) is 3.21. The molecule has 5 nitrogen and oxygen atoms in total. The molecule has 0 saturated carbocycles. The number of carbonyl (C=O) groups is 1. The van der Waals surface area contributed by atoms with E-state index in [1.165, 1.54) is 4.68 Å². The summed E-state index contributed by atoms with van der Waals surface area (Å²) in [6, 6.07) is 12.3. The first-order valence-corrected chi connectivity index (χ1v) is 8.40. The van der Waals surface area contributed by atoms with Crippen LogP contribution in [0.5, 0.6) is 0 Å². The van der Waals surface area contributed by atoms with Gasteiger partial charge >= 0.3 is 0 Å². The second kappa shape index (κ2) is 7.25. The largest absolute Gasteiger partial charge is 0.350 e. The Kier molecular flexibility index (Phi) is 5.06. The Bertz CT molecular complexity index is 998. The number of rotatable bonds is 4. The quantitative estimate of drug-likeness (QED) is 0.761. The van der Waals surface area contributed by atoms with Crippen LogP contribution in [0.25, 0.3) is 10.9 Å². The topological polar surface area (TPSA) is 64.0 Å². The van der Waals surface area contributed by atoms with E-state index in [0.717, 1.165) is 5.56 Å². The number of fused-ring (bicyclic) bond motifs is 1. The van der Waals surface area contributed by atoms with Crippen molar-refractivity contribution in [3.05, 3.63) is 74.0 Å². The highest BCUT2D eigenvalue weighted by molar-refractivity contribution is 6.31. The average Bonchev–Trinajstić information content (AvgIpc) is 2.59. The van der Waals surface area contributed by atoms with Crippen LogP contribution in [0.15, 0.2) is 47.3 Å². The fraction of sp³-hybridized carbons (Fsp3) is 0.167. The zero-order valence-corrected chi connectivity index (χ0v) is 14.9. The number of benzene rings is 2. The third kappa shape index (κ3) is 3.83. The van der Waals surface area contributed by atoms with E-state index in [2.05, 4.69) is 10.4 Å². The number of carbonyl (C=O) groups excluding carboxylic acids is 1. The molecular weight excluding hydrogens is 361 g/mol. The molecule has 0 fully saturated rings. The summed E-state index contributed by atoms with van der Waals surface area (Å²) in [6.07, 6.45) is 0.628. The van der Waals surface area contributed by atoms with Crippen LogP contribution in [0.4, 0.5) is 0 Å². The number of aryl methyl sites for hydroxylation is 1. The van der Waals surface area contributed by atoms with Crippen molar-refractivity contribution in [2.45, 2.75) is 6.42 Å². The molecule has 0 aliphatic carbocycles. The minimum atomic E-state index is -0.503. The molecule has 0 spiro atoms. The number of halogens is 2. The summed E-state index contributed by atoms with van der Waals surface area (Å²) in [4.78, 5) is 24.9. The Labute approximate surface area is 154 Å². The van der Waals surface area contributed by atoms with Crippen molar-refractivity contribution in [2.24, 2.45) is 7.05 Å². The Hall–Kier alpha value is -2.37. The smallest absolute Gasteiger partial charge is 0.275 e. The molecule has 3 aromatic rings. The standard InChI is InChI=1S/C18H15Cl2N3O2/c1-23-15-7-6-13(20)10-14(15)17(24)16(22-23)18(25)21-9-8-11-2-4-12(19)5-3-11/h2-7,10H,8-9H2,1H3,(H,21,25). The first kappa shape index (κ1) is 17.5. The number of amides is 1.